The third-order valence-corrected chi connectivity index (χ3v) is 3.29. The highest BCUT2D eigenvalue weighted by Gasteiger charge is 2.37. The molecule has 0 saturated heterocycles. The van der Waals surface area contributed by atoms with E-state index < -0.39 is 23.9 Å². The molecule has 0 bridgehead atoms. The van der Waals surface area contributed by atoms with Crippen molar-refractivity contribution in [2.75, 3.05) is 18.5 Å². The molecule has 3 rings (SSSR count). The van der Waals surface area contributed by atoms with Gasteiger partial charge < -0.3 is 15.2 Å². The summed E-state index contributed by atoms with van der Waals surface area (Å²) in [7, 11) is 0. The number of benzene rings is 1. The number of aromatic nitrogens is 4. The largest absolute Gasteiger partial charge is 0.491 e. The van der Waals surface area contributed by atoms with Gasteiger partial charge in [0.2, 0.25) is 0 Å². The molecule has 0 aliphatic heterocycles. The van der Waals surface area contributed by atoms with Crippen LogP contribution in [0.15, 0.2) is 36.4 Å². The Bertz CT molecular complexity index is 882. The SMILES string of the molecule is OC(CNc1ccc2nnc(C(F)(F)F)n2n1)COc1ccc(F)cc1. The van der Waals surface area contributed by atoms with Crippen LogP contribution < -0.4 is 10.1 Å². The van der Waals surface area contributed by atoms with Gasteiger partial charge in [0.15, 0.2) is 5.65 Å². The molecule has 2 N–H and O–H groups in total. The number of hydrogen-bond donors (Lipinski definition) is 2. The van der Waals surface area contributed by atoms with Crippen molar-refractivity contribution in [3.05, 3.63) is 48.0 Å². The summed E-state index contributed by atoms with van der Waals surface area (Å²) < 4.78 is 57.1. The first-order valence-corrected chi connectivity index (χ1v) is 7.43. The lowest BCUT2D eigenvalue weighted by atomic mass is 10.3. The monoisotopic (exact) mass is 371 g/mol. The van der Waals surface area contributed by atoms with Crippen LogP contribution in [0.4, 0.5) is 23.4 Å². The number of ether oxygens (including phenoxy) is 1. The number of aliphatic hydroxyl groups is 1. The Morgan fingerprint density at radius 1 is 1.12 bits per heavy atom. The van der Waals surface area contributed by atoms with Gasteiger partial charge in [0.05, 0.1) is 0 Å². The fourth-order valence-corrected chi connectivity index (χ4v) is 2.06. The lowest BCUT2D eigenvalue weighted by molar-refractivity contribution is -0.146. The highest BCUT2D eigenvalue weighted by molar-refractivity contribution is 5.44. The van der Waals surface area contributed by atoms with E-state index in [0.717, 1.165) is 0 Å². The van der Waals surface area contributed by atoms with Crippen molar-refractivity contribution in [3.8, 4) is 5.75 Å². The Labute approximate surface area is 144 Å². The Morgan fingerprint density at radius 2 is 1.85 bits per heavy atom. The van der Waals surface area contributed by atoms with Gasteiger partial charge in [0.25, 0.3) is 5.82 Å². The minimum Gasteiger partial charge on any atom is -0.491 e. The minimum absolute atomic E-state index is 0.0246. The molecule has 1 aromatic carbocycles. The second-order valence-electron chi connectivity index (χ2n) is 5.31. The van der Waals surface area contributed by atoms with E-state index in [2.05, 4.69) is 20.6 Å². The lowest BCUT2D eigenvalue weighted by Crippen LogP contribution is -2.27. The van der Waals surface area contributed by atoms with Gasteiger partial charge in [-0.15, -0.1) is 15.3 Å². The zero-order valence-electron chi connectivity index (χ0n) is 13.1. The predicted octanol–water partition coefficient (Wildman–Crippen LogP) is 2.13. The lowest BCUT2D eigenvalue weighted by Gasteiger charge is -2.13. The molecular formula is C15H13F4N5O2. The third kappa shape index (κ3) is 4.17. The Kier molecular flexibility index (Phi) is 4.89. The molecule has 0 fully saturated rings. The Balaban J connectivity index is 1.59. The maximum Gasteiger partial charge on any atom is 0.453 e. The number of fused-ring (bicyclic) bond motifs is 1. The molecule has 1 atom stereocenters. The van der Waals surface area contributed by atoms with Gasteiger partial charge in [0, 0.05) is 6.54 Å². The minimum atomic E-state index is -4.69. The van der Waals surface area contributed by atoms with Gasteiger partial charge in [-0.2, -0.15) is 17.7 Å². The fraction of sp³-hybridized carbons (Fsp3) is 0.267. The summed E-state index contributed by atoms with van der Waals surface area (Å²) in [5, 5.41) is 22.8. The molecule has 2 heterocycles. The van der Waals surface area contributed by atoms with E-state index in [9.17, 15) is 22.7 Å². The fourth-order valence-electron chi connectivity index (χ4n) is 2.06. The molecule has 0 aliphatic carbocycles. The standard InChI is InChI=1S/C15H13F4N5O2/c16-9-1-3-11(4-2-9)26-8-10(25)7-20-12-5-6-13-21-22-14(15(17,18)19)24(13)23-12/h1-6,10,25H,7-8H2,(H,20,23). The summed E-state index contributed by atoms with van der Waals surface area (Å²) in [6, 6.07) is 8.00. The molecule has 0 radical (unpaired) electrons. The van der Waals surface area contributed by atoms with Crippen LogP contribution in [-0.2, 0) is 6.18 Å². The van der Waals surface area contributed by atoms with Gasteiger partial charge in [-0.3, -0.25) is 0 Å². The summed E-state index contributed by atoms with van der Waals surface area (Å²) in [5.74, 6) is -1.17. The number of anilines is 1. The number of alkyl halides is 3. The van der Waals surface area contributed by atoms with Crippen LogP contribution in [0.3, 0.4) is 0 Å². The average Bonchev–Trinajstić information content (AvgIpc) is 3.03. The first kappa shape index (κ1) is 17.9. The molecule has 0 aliphatic rings. The molecule has 2 aromatic heterocycles. The van der Waals surface area contributed by atoms with E-state index >= 15 is 0 Å². The van der Waals surface area contributed by atoms with Crippen molar-refractivity contribution in [2.45, 2.75) is 12.3 Å². The summed E-state index contributed by atoms with van der Waals surface area (Å²) in [5.41, 5.74) is -0.0527. The second-order valence-corrected chi connectivity index (χ2v) is 5.31. The smallest absolute Gasteiger partial charge is 0.453 e. The van der Waals surface area contributed by atoms with E-state index in [1.807, 2.05) is 0 Å². The zero-order chi connectivity index (χ0) is 18.7. The number of rotatable bonds is 6. The van der Waals surface area contributed by atoms with Crippen LogP contribution in [0.5, 0.6) is 5.75 Å². The van der Waals surface area contributed by atoms with E-state index in [-0.39, 0.29) is 24.6 Å². The highest BCUT2D eigenvalue weighted by Crippen LogP contribution is 2.27. The molecule has 26 heavy (non-hydrogen) atoms. The van der Waals surface area contributed by atoms with E-state index in [1.54, 1.807) is 0 Å². The summed E-state index contributed by atoms with van der Waals surface area (Å²) in [4.78, 5) is 0. The molecule has 11 heteroatoms. The van der Waals surface area contributed by atoms with Gasteiger partial charge in [0.1, 0.15) is 30.1 Å². The topological polar surface area (TPSA) is 84.6 Å². The van der Waals surface area contributed by atoms with Crippen LogP contribution in [-0.4, -0.2) is 44.2 Å². The summed E-state index contributed by atoms with van der Waals surface area (Å²) in [6.07, 6.45) is -5.66. The van der Waals surface area contributed by atoms with Crippen LogP contribution in [0, 0.1) is 5.82 Å². The van der Waals surface area contributed by atoms with Crippen LogP contribution in [0.25, 0.3) is 5.65 Å². The van der Waals surface area contributed by atoms with Crippen LogP contribution in [0.2, 0.25) is 0 Å². The molecule has 0 saturated carbocycles. The average molecular weight is 371 g/mol. The van der Waals surface area contributed by atoms with Gasteiger partial charge >= 0.3 is 6.18 Å². The molecule has 0 amide bonds. The quantitative estimate of drug-likeness (QED) is 0.646. The van der Waals surface area contributed by atoms with E-state index in [4.69, 9.17) is 4.74 Å². The second kappa shape index (κ2) is 7.12. The summed E-state index contributed by atoms with van der Waals surface area (Å²) in [6.45, 7) is -0.121. The van der Waals surface area contributed by atoms with Crippen molar-refractivity contribution < 1.29 is 27.4 Å². The Morgan fingerprint density at radius 3 is 2.54 bits per heavy atom. The van der Waals surface area contributed by atoms with Crippen molar-refractivity contribution in [1.82, 2.24) is 19.8 Å². The first-order valence-electron chi connectivity index (χ1n) is 7.43. The highest BCUT2D eigenvalue weighted by atomic mass is 19.4. The van der Waals surface area contributed by atoms with E-state index in [1.165, 1.54) is 36.4 Å². The third-order valence-electron chi connectivity index (χ3n) is 3.29. The van der Waals surface area contributed by atoms with Gasteiger partial charge in [-0.25, -0.2) is 4.39 Å². The molecule has 0 spiro atoms. The van der Waals surface area contributed by atoms with Crippen LogP contribution >= 0.6 is 0 Å². The van der Waals surface area contributed by atoms with Crippen molar-refractivity contribution >= 4 is 11.5 Å². The molecular weight excluding hydrogens is 358 g/mol. The number of nitrogens with one attached hydrogen (secondary N) is 1. The summed E-state index contributed by atoms with van der Waals surface area (Å²) >= 11 is 0. The molecule has 1 unspecified atom stereocenters. The zero-order valence-corrected chi connectivity index (χ0v) is 13.1. The Hall–Kier alpha value is -2.95. The maximum atomic E-state index is 12.8. The number of halogens is 4. The number of hydrogen-bond acceptors (Lipinski definition) is 6. The maximum absolute atomic E-state index is 12.8. The van der Waals surface area contributed by atoms with Crippen LogP contribution in [0.1, 0.15) is 5.82 Å². The molecule has 7 nitrogen and oxygen atoms in total. The first-order chi connectivity index (χ1) is 12.3. The normalized spacial score (nSPS) is 13.0. The van der Waals surface area contributed by atoms with Gasteiger partial charge in [-0.1, -0.05) is 0 Å². The number of aliphatic hydroxyl groups excluding tert-OH is 1. The van der Waals surface area contributed by atoms with E-state index in [0.29, 0.717) is 10.3 Å². The molecule has 3 aromatic rings. The van der Waals surface area contributed by atoms with Crippen molar-refractivity contribution in [1.29, 1.82) is 0 Å². The predicted molar refractivity (Wildman–Crippen MR) is 82.2 cm³/mol. The molecule has 138 valence electrons. The van der Waals surface area contributed by atoms with Crippen molar-refractivity contribution in [2.24, 2.45) is 0 Å². The van der Waals surface area contributed by atoms with Crippen molar-refractivity contribution in [3.63, 3.8) is 0 Å². The van der Waals surface area contributed by atoms with Gasteiger partial charge in [-0.05, 0) is 36.4 Å². The number of nitrogens with zero attached hydrogens (tertiary/aromatic N) is 4.